The largest absolute Gasteiger partial charge is 0.325 e. The molecule has 0 aliphatic heterocycles. The fraction of sp³-hybridized carbons (Fsp3) is 0.571. The van der Waals surface area contributed by atoms with Crippen LogP contribution in [0.2, 0.25) is 5.02 Å². The summed E-state index contributed by atoms with van der Waals surface area (Å²) in [5.74, 6) is 1.67. The average molecular weight is 236 g/mol. The van der Waals surface area contributed by atoms with Gasteiger partial charge in [0.1, 0.15) is 0 Å². The van der Waals surface area contributed by atoms with E-state index in [0.29, 0.717) is 0 Å². The fourth-order valence-corrected chi connectivity index (χ4v) is 3.23. The topological polar surface area (TPSA) is 26.0 Å². The molecule has 0 radical (unpaired) electrons. The van der Waals surface area contributed by atoms with E-state index < -0.39 is 0 Å². The summed E-state index contributed by atoms with van der Waals surface area (Å²) in [6.45, 7) is 0. The summed E-state index contributed by atoms with van der Waals surface area (Å²) in [7, 11) is 0. The SMILES string of the molecule is NC1(Cc2ccccc2Cl)CC1C1CCC1. The van der Waals surface area contributed by atoms with Crippen LogP contribution in [0.15, 0.2) is 24.3 Å². The molecule has 0 saturated heterocycles. The van der Waals surface area contributed by atoms with Crippen molar-refractivity contribution in [1.82, 2.24) is 0 Å². The number of hydrogen-bond acceptors (Lipinski definition) is 1. The Labute approximate surface area is 102 Å². The predicted octanol–water partition coefficient (Wildman–Crippen LogP) is 3.40. The molecule has 16 heavy (non-hydrogen) atoms. The van der Waals surface area contributed by atoms with Crippen LogP contribution < -0.4 is 5.73 Å². The molecular weight excluding hydrogens is 218 g/mol. The maximum Gasteiger partial charge on any atom is 0.0438 e. The molecule has 2 saturated carbocycles. The molecule has 2 atom stereocenters. The summed E-state index contributed by atoms with van der Waals surface area (Å²) in [4.78, 5) is 0. The van der Waals surface area contributed by atoms with E-state index in [1.54, 1.807) is 0 Å². The van der Waals surface area contributed by atoms with Crippen LogP contribution in [0.5, 0.6) is 0 Å². The van der Waals surface area contributed by atoms with E-state index >= 15 is 0 Å². The number of rotatable bonds is 3. The summed E-state index contributed by atoms with van der Waals surface area (Å²) in [6.07, 6.45) is 6.35. The van der Waals surface area contributed by atoms with Gasteiger partial charge < -0.3 is 5.73 Å². The quantitative estimate of drug-likeness (QED) is 0.854. The molecule has 1 aromatic rings. The Morgan fingerprint density at radius 2 is 2.06 bits per heavy atom. The van der Waals surface area contributed by atoms with Crippen LogP contribution in [0, 0.1) is 11.8 Å². The minimum atomic E-state index is 0.0517. The Morgan fingerprint density at radius 3 is 2.69 bits per heavy atom. The van der Waals surface area contributed by atoms with E-state index in [0.717, 1.165) is 23.3 Å². The van der Waals surface area contributed by atoms with E-state index in [4.69, 9.17) is 17.3 Å². The lowest BCUT2D eigenvalue weighted by molar-refractivity contribution is 0.257. The van der Waals surface area contributed by atoms with Crippen molar-refractivity contribution in [3.63, 3.8) is 0 Å². The third-order valence-electron chi connectivity index (χ3n) is 4.37. The fourth-order valence-electron chi connectivity index (χ4n) is 3.03. The molecule has 0 spiro atoms. The van der Waals surface area contributed by atoms with Crippen molar-refractivity contribution in [1.29, 1.82) is 0 Å². The molecule has 0 aromatic heterocycles. The highest BCUT2D eigenvalue weighted by atomic mass is 35.5. The van der Waals surface area contributed by atoms with Crippen molar-refractivity contribution in [2.75, 3.05) is 0 Å². The first-order valence-electron chi connectivity index (χ1n) is 6.21. The first kappa shape index (κ1) is 10.6. The molecule has 3 rings (SSSR count). The third-order valence-corrected chi connectivity index (χ3v) is 4.74. The van der Waals surface area contributed by atoms with Crippen molar-refractivity contribution in [3.05, 3.63) is 34.9 Å². The van der Waals surface area contributed by atoms with Gasteiger partial charge in [-0.1, -0.05) is 49.1 Å². The van der Waals surface area contributed by atoms with Crippen LogP contribution in [0.4, 0.5) is 0 Å². The lowest BCUT2D eigenvalue weighted by Gasteiger charge is -2.27. The lowest BCUT2D eigenvalue weighted by Crippen LogP contribution is -2.32. The van der Waals surface area contributed by atoms with Crippen LogP contribution in [-0.4, -0.2) is 5.54 Å². The normalized spacial score (nSPS) is 33.5. The third kappa shape index (κ3) is 1.76. The molecule has 0 bridgehead atoms. The van der Waals surface area contributed by atoms with E-state index in [1.807, 2.05) is 18.2 Å². The Kier molecular flexibility index (Phi) is 2.49. The van der Waals surface area contributed by atoms with E-state index in [-0.39, 0.29) is 5.54 Å². The molecule has 2 N–H and O–H groups in total. The van der Waals surface area contributed by atoms with Crippen molar-refractivity contribution in [2.45, 2.75) is 37.6 Å². The Balaban J connectivity index is 1.69. The number of hydrogen-bond donors (Lipinski definition) is 1. The minimum absolute atomic E-state index is 0.0517. The second kappa shape index (κ2) is 3.75. The summed E-state index contributed by atoms with van der Waals surface area (Å²) in [5, 5.41) is 0.867. The molecule has 2 unspecified atom stereocenters. The molecule has 0 amide bonds. The molecule has 86 valence electrons. The van der Waals surface area contributed by atoms with Crippen LogP contribution >= 0.6 is 11.6 Å². The maximum atomic E-state index is 6.44. The Hall–Kier alpha value is -0.530. The monoisotopic (exact) mass is 235 g/mol. The Bertz CT molecular complexity index is 399. The first-order chi connectivity index (χ1) is 7.69. The van der Waals surface area contributed by atoms with E-state index in [9.17, 15) is 0 Å². The smallest absolute Gasteiger partial charge is 0.0438 e. The first-order valence-corrected chi connectivity index (χ1v) is 6.59. The van der Waals surface area contributed by atoms with Gasteiger partial charge in [0, 0.05) is 10.6 Å². The molecular formula is C14H18ClN. The second-order valence-electron chi connectivity index (χ2n) is 5.50. The van der Waals surface area contributed by atoms with Crippen molar-refractivity contribution in [2.24, 2.45) is 17.6 Å². The van der Waals surface area contributed by atoms with Gasteiger partial charge in [-0.05, 0) is 36.3 Å². The summed E-state index contributed by atoms with van der Waals surface area (Å²) < 4.78 is 0. The summed E-state index contributed by atoms with van der Waals surface area (Å²) >= 11 is 6.18. The van der Waals surface area contributed by atoms with Crippen molar-refractivity contribution in [3.8, 4) is 0 Å². The van der Waals surface area contributed by atoms with Gasteiger partial charge in [-0.2, -0.15) is 0 Å². The molecule has 2 heteroatoms. The lowest BCUT2D eigenvalue weighted by atomic mass is 9.79. The molecule has 1 nitrogen and oxygen atoms in total. The van der Waals surface area contributed by atoms with Gasteiger partial charge in [0.25, 0.3) is 0 Å². The van der Waals surface area contributed by atoms with Gasteiger partial charge >= 0.3 is 0 Å². The van der Waals surface area contributed by atoms with Gasteiger partial charge in [0.2, 0.25) is 0 Å². The number of benzene rings is 1. The average Bonchev–Trinajstić information content (AvgIpc) is 2.79. The zero-order valence-corrected chi connectivity index (χ0v) is 10.2. The van der Waals surface area contributed by atoms with Gasteiger partial charge in [-0.15, -0.1) is 0 Å². The van der Waals surface area contributed by atoms with Gasteiger partial charge in [0.15, 0.2) is 0 Å². The Morgan fingerprint density at radius 1 is 1.31 bits per heavy atom. The molecule has 2 fully saturated rings. The van der Waals surface area contributed by atoms with Gasteiger partial charge in [-0.25, -0.2) is 0 Å². The standard InChI is InChI=1S/C14H18ClN/c15-13-7-2-1-4-11(13)8-14(16)9-12(14)10-5-3-6-10/h1-2,4,7,10,12H,3,5-6,8-9,16H2. The zero-order valence-electron chi connectivity index (χ0n) is 9.45. The van der Waals surface area contributed by atoms with Crippen LogP contribution in [0.25, 0.3) is 0 Å². The van der Waals surface area contributed by atoms with Crippen molar-refractivity contribution >= 4 is 11.6 Å². The molecule has 2 aliphatic carbocycles. The predicted molar refractivity (Wildman–Crippen MR) is 67.5 cm³/mol. The highest BCUT2D eigenvalue weighted by Crippen LogP contribution is 2.54. The highest BCUT2D eigenvalue weighted by Gasteiger charge is 2.55. The van der Waals surface area contributed by atoms with Gasteiger partial charge in [0.05, 0.1) is 0 Å². The van der Waals surface area contributed by atoms with Crippen molar-refractivity contribution < 1.29 is 0 Å². The zero-order chi connectivity index (χ0) is 11.2. The summed E-state index contributed by atoms with van der Waals surface area (Å²) in [6, 6.07) is 8.09. The van der Waals surface area contributed by atoms with Crippen LogP contribution in [0.1, 0.15) is 31.2 Å². The van der Waals surface area contributed by atoms with Crippen LogP contribution in [0.3, 0.4) is 0 Å². The second-order valence-corrected chi connectivity index (χ2v) is 5.91. The minimum Gasteiger partial charge on any atom is -0.325 e. The van der Waals surface area contributed by atoms with E-state index in [1.165, 1.54) is 31.2 Å². The molecule has 2 aliphatic rings. The van der Waals surface area contributed by atoms with Crippen LogP contribution in [-0.2, 0) is 6.42 Å². The number of halogens is 1. The molecule has 0 heterocycles. The summed E-state index contributed by atoms with van der Waals surface area (Å²) in [5.41, 5.74) is 7.71. The van der Waals surface area contributed by atoms with Gasteiger partial charge in [-0.3, -0.25) is 0 Å². The maximum absolute atomic E-state index is 6.44. The molecule has 1 aromatic carbocycles. The highest BCUT2D eigenvalue weighted by molar-refractivity contribution is 6.31. The number of nitrogens with two attached hydrogens (primary N) is 1. The van der Waals surface area contributed by atoms with E-state index in [2.05, 4.69) is 6.07 Å².